The van der Waals surface area contributed by atoms with Gasteiger partial charge < -0.3 is 34.9 Å². The molecule has 1 aromatic rings. The van der Waals surface area contributed by atoms with Crippen molar-refractivity contribution < 1.29 is 56.0 Å². The predicted octanol–water partition coefficient (Wildman–Crippen LogP) is 0.0668. The Hall–Kier alpha value is -1.84. The third-order valence-electron chi connectivity index (χ3n) is 3.36. The molecule has 6 N–H and O–H groups in total. The van der Waals surface area contributed by atoms with Crippen LogP contribution in [0.15, 0.2) is 22.3 Å². The summed E-state index contributed by atoms with van der Waals surface area (Å²) in [6.07, 6.45) is -3.07. The number of nitrogen functional groups attached to an aromatic ring is 1. The van der Waals surface area contributed by atoms with Crippen molar-refractivity contribution in [3.63, 3.8) is 0 Å². The molecule has 0 aromatic carbocycles. The summed E-state index contributed by atoms with van der Waals surface area (Å²) in [5.74, 6) is -0.0905. The summed E-state index contributed by atoms with van der Waals surface area (Å²) in [4.78, 5) is 58.3. The lowest BCUT2D eigenvalue weighted by atomic mass is 10.2. The average molecular weight is 508 g/mol. The molecule has 1 aliphatic rings. The fourth-order valence-corrected chi connectivity index (χ4v) is 5.60. The second-order valence-electron chi connectivity index (χ2n) is 5.61. The van der Waals surface area contributed by atoms with Gasteiger partial charge in [0.25, 0.3) is 0 Å². The fraction of sp³-hybridized carbons (Fsp3) is 0.556. The number of azide groups is 1. The smallest absolute Gasteiger partial charge is 0.431 e. The van der Waals surface area contributed by atoms with E-state index in [1.807, 2.05) is 0 Å². The van der Waals surface area contributed by atoms with Crippen molar-refractivity contribution in [2.75, 3.05) is 12.3 Å². The van der Waals surface area contributed by atoms with E-state index in [-0.39, 0.29) is 12.2 Å². The van der Waals surface area contributed by atoms with E-state index in [1.54, 1.807) is 0 Å². The molecule has 0 spiro atoms. The molecule has 2 rings (SSSR count). The van der Waals surface area contributed by atoms with E-state index in [1.165, 1.54) is 12.3 Å². The Morgan fingerprint density at radius 2 is 1.97 bits per heavy atom. The van der Waals surface area contributed by atoms with E-state index in [0.29, 0.717) is 0 Å². The third kappa shape index (κ3) is 7.97. The van der Waals surface area contributed by atoms with Gasteiger partial charge >= 0.3 is 29.2 Å². The number of hydrogen-bond donors (Lipinski definition) is 5. The van der Waals surface area contributed by atoms with Gasteiger partial charge in [0, 0.05) is 17.5 Å². The second-order valence-corrected chi connectivity index (χ2v) is 9.98. The van der Waals surface area contributed by atoms with Crippen molar-refractivity contribution in [1.82, 2.24) is 9.55 Å². The minimum Gasteiger partial charge on any atom is -0.431 e. The number of rotatable bonds is 10. The molecule has 0 bridgehead atoms. The highest BCUT2D eigenvalue weighted by Crippen LogP contribution is 2.67. The van der Waals surface area contributed by atoms with Crippen LogP contribution in [-0.4, -0.2) is 47.9 Å². The summed E-state index contributed by atoms with van der Waals surface area (Å²) < 4.78 is 52.6. The number of nitrogens with two attached hydrogens (primary N) is 1. The maximum absolute atomic E-state index is 12.1. The first kappa shape index (κ1) is 25.4. The van der Waals surface area contributed by atoms with Gasteiger partial charge in [-0.05, 0) is 11.6 Å². The largest absolute Gasteiger partial charge is 0.490 e. The summed E-state index contributed by atoms with van der Waals surface area (Å²) in [5, 5.41) is 2.79. The van der Waals surface area contributed by atoms with Gasteiger partial charge in [0.1, 0.15) is 36.1 Å². The van der Waals surface area contributed by atoms with E-state index >= 15 is 0 Å². The number of phosphoric acid groups is 3. The zero-order valence-electron chi connectivity index (χ0n) is 14.9. The molecule has 31 heavy (non-hydrogen) atoms. The number of aromatic nitrogens is 2. The van der Waals surface area contributed by atoms with E-state index in [2.05, 4.69) is 28.6 Å². The highest BCUT2D eigenvalue weighted by molar-refractivity contribution is 7.66. The molecule has 1 aromatic heterocycles. The highest BCUT2D eigenvalue weighted by atomic mass is 31.3. The Balaban J connectivity index is 2.20. The van der Waals surface area contributed by atoms with Crippen LogP contribution in [0.4, 0.5) is 5.82 Å². The lowest BCUT2D eigenvalue weighted by molar-refractivity contribution is -0.0628. The summed E-state index contributed by atoms with van der Waals surface area (Å²) >= 11 is 0. The molecule has 5 atom stereocenters. The molecule has 174 valence electrons. The Labute approximate surface area is 171 Å². The lowest BCUT2D eigenvalue weighted by Crippen LogP contribution is -2.28. The van der Waals surface area contributed by atoms with Crippen LogP contribution in [0, 0.1) is 0 Å². The SMILES string of the molecule is [N-]=[N+]=NOC[C@H]1O[C@@H](n2ccc(N)nc2=O)C[C@@H]1OP(=O)(O)OP(=O)(O)OP(=O)(O)O. The third-order valence-corrected chi connectivity index (χ3v) is 7.22. The molecule has 2 unspecified atom stereocenters. The molecule has 1 fully saturated rings. The normalized spacial score (nSPS) is 25.2. The number of ether oxygens (including phenoxy) is 1. The number of anilines is 1. The molecule has 22 heteroatoms. The van der Waals surface area contributed by atoms with Crippen LogP contribution in [0.25, 0.3) is 10.4 Å². The first-order chi connectivity index (χ1) is 14.2. The van der Waals surface area contributed by atoms with E-state index < -0.39 is 54.2 Å². The van der Waals surface area contributed by atoms with E-state index in [4.69, 9.17) is 30.3 Å². The molecular weight excluding hydrogens is 493 g/mol. The Bertz CT molecular complexity index is 1050. The standard InChI is InChI=1S/C9H15N6O13P3/c10-7-1-2-15(9(16)12-7)8-3-5(6(25-8)4-24-14-13-11)26-30(20,21)28-31(22,23)27-29(17,18)19/h1-2,5-6,8H,3-4H2,(H,20,21)(H,22,23)(H2,10,12,16)(H2,17,18,19)/t5-,6+,8+/m0/s1. The van der Waals surface area contributed by atoms with Crippen LogP contribution in [0.1, 0.15) is 12.6 Å². The summed E-state index contributed by atoms with van der Waals surface area (Å²) in [6.45, 7) is -0.557. The zero-order valence-corrected chi connectivity index (χ0v) is 17.6. The first-order valence-corrected chi connectivity index (χ1v) is 12.2. The van der Waals surface area contributed by atoms with Crippen LogP contribution in [0.2, 0.25) is 0 Å². The van der Waals surface area contributed by atoms with Gasteiger partial charge in [-0.25, -0.2) is 18.5 Å². The van der Waals surface area contributed by atoms with Gasteiger partial charge in [0.05, 0.1) is 0 Å². The average Bonchev–Trinajstić information content (AvgIpc) is 2.93. The van der Waals surface area contributed by atoms with Crippen LogP contribution in [0.5, 0.6) is 0 Å². The van der Waals surface area contributed by atoms with Crippen molar-refractivity contribution in [2.45, 2.75) is 24.9 Å². The second kappa shape index (κ2) is 9.75. The minimum absolute atomic E-state index is 0.0905. The predicted molar refractivity (Wildman–Crippen MR) is 95.3 cm³/mol. The maximum Gasteiger partial charge on any atom is 0.490 e. The lowest BCUT2D eigenvalue weighted by Gasteiger charge is -2.21. The van der Waals surface area contributed by atoms with Gasteiger partial charge in [-0.1, -0.05) is 0 Å². The first-order valence-electron chi connectivity index (χ1n) is 7.70. The maximum atomic E-state index is 12.1. The number of nitrogens with zero attached hydrogens (tertiary/aromatic N) is 5. The Morgan fingerprint density at radius 1 is 1.29 bits per heavy atom. The van der Waals surface area contributed by atoms with Crippen molar-refractivity contribution >= 4 is 29.3 Å². The molecule has 2 heterocycles. The van der Waals surface area contributed by atoms with Gasteiger partial charge in [0.2, 0.25) is 0 Å². The van der Waals surface area contributed by atoms with Crippen LogP contribution < -0.4 is 11.4 Å². The molecule has 0 aliphatic carbocycles. The quantitative estimate of drug-likeness (QED) is 0.0918. The van der Waals surface area contributed by atoms with Crippen LogP contribution in [-0.2, 0) is 36.4 Å². The molecule has 1 aliphatic heterocycles. The van der Waals surface area contributed by atoms with Crippen LogP contribution in [0.3, 0.4) is 0 Å². The molecule has 0 saturated carbocycles. The fourth-order valence-electron chi connectivity index (χ4n) is 2.38. The Kier molecular flexibility index (Phi) is 7.99. The number of hydrogen-bond acceptors (Lipinski definition) is 12. The van der Waals surface area contributed by atoms with Crippen molar-refractivity contribution in [1.29, 1.82) is 0 Å². The van der Waals surface area contributed by atoms with Gasteiger partial charge in [-0.2, -0.15) is 13.6 Å². The van der Waals surface area contributed by atoms with Crippen molar-refractivity contribution in [3.8, 4) is 0 Å². The van der Waals surface area contributed by atoms with Crippen LogP contribution >= 0.6 is 23.5 Å². The molecule has 1 saturated heterocycles. The Morgan fingerprint density at radius 3 is 2.55 bits per heavy atom. The molecular formula is C9H15N6O13P3. The van der Waals surface area contributed by atoms with Gasteiger partial charge in [0.15, 0.2) is 0 Å². The topological polar surface area (TPSA) is 288 Å². The zero-order chi connectivity index (χ0) is 23.4. The summed E-state index contributed by atoms with van der Waals surface area (Å²) in [5.41, 5.74) is 12.8. The summed E-state index contributed by atoms with van der Waals surface area (Å²) in [6, 6.07) is 1.26. The molecule has 0 radical (unpaired) electrons. The van der Waals surface area contributed by atoms with Gasteiger partial charge in [-0.3, -0.25) is 9.09 Å². The highest BCUT2D eigenvalue weighted by Gasteiger charge is 2.46. The molecule has 19 nitrogen and oxygen atoms in total. The van der Waals surface area contributed by atoms with Crippen molar-refractivity contribution in [2.24, 2.45) is 5.28 Å². The van der Waals surface area contributed by atoms with Gasteiger partial charge in [-0.15, -0.1) is 0 Å². The number of phosphoric ester groups is 1. The van der Waals surface area contributed by atoms with Crippen molar-refractivity contribution in [3.05, 3.63) is 33.2 Å². The molecule has 0 amide bonds. The van der Waals surface area contributed by atoms with E-state index in [0.717, 1.165) is 4.57 Å². The van der Waals surface area contributed by atoms with E-state index in [9.17, 15) is 28.3 Å². The summed E-state index contributed by atoms with van der Waals surface area (Å²) in [7, 11) is -16.8. The monoisotopic (exact) mass is 508 g/mol. The minimum atomic E-state index is -5.74.